The van der Waals surface area contributed by atoms with Crippen LogP contribution < -0.4 is 0 Å². The average molecular weight is 515 g/mol. The van der Waals surface area contributed by atoms with Gasteiger partial charge in [-0.2, -0.15) is 9.58 Å². The molecule has 2 rings (SSSR count). The second-order valence-electron chi connectivity index (χ2n) is 10.0. The lowest BCUT2D eigenvalue weighted by Gasteiger charge is -2.17. The maximum absolute atomic E-state index is 12.6. The van der Waals surface area contributed by atoms with Gasteiger partial charge in [0.05, 0.1) is 23.3 Å². The van der Waals surface area contributed by atoms with E-state index < -0.39 is 19.7 Å². The van der Waals surface area contributed by atoms with Gasteiger partial charge in [-0.05, 0) is 38.5 Å². The van der Waals surface area contributed by atoms with Gasteiger partial charge >= 0.3 is 10.1 Å². The summed E-state index contributed by atoms with van der Waals surface area (Å²) in [6.07, 6.45) is 15.9. The van der Waals surface area contributed by atoms with Crippen molar-refractivity contribution in [1.82, 2.24) is 0 Å². The summed E-state index contributed by atoms with van der Waals surface area (Å²) in [7, 11) is -6.99. The number of nitrogens with zero attached hydrogens (tertiary/aromatic N) is 4. The van der Waals surface area contributed by atoms with E-state index in [1.807, 2.05) is 0 Å². The van der Waals surface area contributed by atoms with Gasteiger partial charge in [-0.25, -0.2) is 16.8 Å². The van der Waals surface area contributed by atoms with Crippen LogP contribution in [0, 0.1) is 11.8 Å². The first kappa shape index (κ1) is 28.9. The van der Waals surface area contributed by atoms with Gasteiger partial charge < -0.3 is 11.1 Å². The molecule has 2 saturated carbocycles. The third-order valence-electron chi connectivity index (χ3n) is 7.32. The van der Waals surface area contributed by atoms with Crippen LogP contribution in [0.4, 0.5) is 0 Å². The van der Waals surface area contributed by atoms with Crippen molar-refractivity contribution in [3.05, 3.63) is 11.1 Å². The number of hydrogen-bond donors (Lipinski definition) is 0. The molecule has 0 heterocycles. The van der Waals surface area contributed by atoms with Crippen molar-refractivity contribution in [2.75, 3.05) is 11.5 Å². The Morgan fingerprint density at radius 1 is 0.529 bits per heavy atom. The molecule has 0 amide bonds. The highest BCUT2D eigenvalue weighted by Gasteiger charge is 2.37. The Bertz CT molecular complexity index is 859. The van der Waals surface area contributed by atoms with Crippen LogP contribution in [0.3, 0.4) is 0 Å². The third-order valence-corrected chi connectivity index (χ3v) is 11.1. The smallest absolute Gasteiger partial charge is 0.360 e. The van der Waals surface area contributed by atoms with Crippen LogP contribution >= 0.6 is 0 Å². The van der Waals surface area contributed by atoms with Gasteiger partial charge in [0.2, 0.25) is 19.7 Å². The van der Waals surface area contributed by atoms with Crippen molar-refractivity contribution in [3.8, 4) is 0 Å². The fourth-order valence-corrected chi connectivity index (χ4v) is 8.67. The lowest BCUT2D eigenvalue weighted by molar-refractivity contribution is -0.00939. The number of rotatable bonds is 13. The predicted molar refractivity (Wildman–Crippen MR) is 135 cm³/mol. The van der Waals surface area contributed by atoms with E-state index in [0.29, 0.717) is 12.8 Å². The molecule has 2 aliphatic rings. The lowest BCUT2D eigenvalue weighted by Crippen LogP contribution is -2.29. The van der Waals surface area contributed by atoms with Crippen LogP contribution in [0.15, 0.2) is 0 Å². The van der Waals surface area contributed by atoms with Crippen LogP contribution in [-0.2, 0) is 19.7 Å². The van der Waals surface area contributed by atoms with Gasteiger partial charge in [0.15, 0.2) is 0 Å². The second kappa shape index (κ2) is 14.9. The van der Waals surface area contributed by atoms with Crippen molar-refractivity contribution >= 4 is 29.8 Å². The van der Waals surface area contributed by atoms with E-state index in [1.165, 1.54) is 0 Å². The van der Waals surface area contributed by atoms with E-state index in [-0.39, 0.29) is 33.4 Å². The molecule has 0 aliphatic heterocycles. The Hall–Kier alpha value is -1.34. The molecule has 0 aromatic carbocycles. The van der Waals surface area contributed by atoms with Crippen molar-refractivity contribution in [2.24, 2.45) is 11.8 Å². The van der Waals surface area contributed by atoms with E-state index in [4.69, 9.17) is 0 Å². The van der Waals surface area contributed by atoms with Gasteiger partial charge in [0.1, 0.15) is 0 Å². The maximum atomic E-state index is 12.6. The standard InChI is InChI=1S/C24H42N4O4S2/c25-27-23(21-15-9-7-10-16-21)33(29,30)19-13-5-3-1-2-4-6-14-20-34(31,32)24(28-26)22-17-11-8-12-18-22/h21-22H,1-20H2. The SMILES string of the molecule is [N-]=[N+]=C(C1CCCCC1)S(=O)(=O)CCCCCCCCCCS(=O)(=O)C(=[N+]=[N-])C1CCCCC1. The molecule has 8 nitrogen and oxygen atoms in total. The molecule has 0 atom stereocenters. The van der Waals surface area contributed by atoms with Crippen LogP contribution in [0.25, 0.3) is 11.1 Å². The number of unbranched alkanes of at least 4 members (excludes halogenated alkanes) is 7. The summed E-state index contributed by atoms with van der Waals surface area (Å²) in [6, 6.07) is 0. The van der Waals surface area contributed by atoms with Crippen LogP contribution in [0.2, 0.25) is 0 Å². The van der Waals surface area contributed by atoms with Crippen molar-refractivity contribution in [3.63, 3.8) is 0 Å². The molecule has 0 unspecified atom stereocenters. The van der Waals surface area contributed by atoms with Crippen LogP contribution in [-0.4, -0.2) is 48.0 Å². The summed E-state index contributed by atoms with van der Waals surface area (Å²) in [4.78, 5) is 6.33. The minimum Gasteiger partial charge on any atom is -0.360 e. The first-order valence-corrected chi connectivity index (χ1v) is 16.5. The van der Waals surface area contributed by atoms with E-state index >= 15 is 0 Å². The first-order valence-electron chi connectivity index (χ1n) is 13.2. The highest BCUT2D eigenvalue weighted by molar-refractivity contribution is 8.06. The van der Waals surface area contributed by atoms with Gasteiger partial charge in [-0.15, -0.1) is 0 Å². The van der Waals surface area contributed by atoms with E-state index in [1.54, 1.807) is 0 Å². The summed E-state index contributed by atoms with van der Waals surface area (Å²) in [5.74, 6) is -0.183. The second-order valence-corrected chi connectivity index (χ2v) is 14.1. The molecule has 0 radical (unpaired) electrons. The summed E-state index contributed by atoms with van der Waals surface area (Å²) >= 11 is 0. The molecule has 2 aliphatic carbocycles. The van der Waals surface area contributed by atoms with Crippen molar-refractivity contribution < 1.29 is 26.4 Å². The van der Waals surface area contributed by atoms with Crippen molar-refractivity contribution in [1.29, 1.82) is 0 Å². The molecule has 0 spiro atoms. The molecular weight excluding hydrogens is 472 g/mol. The highest BCUT2D eigenvalue weighted by atomic mass is 32.2. The summed E-state index contributed by atoms with van der Waals surface area (Å²) < 4.78 is 50.2. The molecule has 194 valence electrons. The zero-order chi connectivity index (χ0) is 24.9. The minimum absolute atomic E-state index is 0.0139. The molecule has 10 heteroatoms. The Kier molecular flexibility index (Phi) is 12.7. The van der Waals surface area contributed by atoms with Gasteiger partial charge in [0.25, 0.3) is 0 Å². The summed E-state index contributed by atoms with van der Waals surface area (Å²) in [5.41, 5.74) is 18.5. The minimum atomic E-state index is -3.49. The molecule has 0 N–H and O–H groups in total. The zero-order valence-electron chi connectivity index (χ0n) is 20.5. The Morgan fingerprint density at radius 2 is 0.824 bits per heavy atom. The quantitative estimate of drug-likeness (QED) is 0.107. The first-order chi connectivity index (χ1) is 16.3. The molecule has 0 aromatic rings. The lowest BCUT2D eigenvalue weighted by atomic mass is 9.90. The normalized spacial score (nSPS) is 18.2. The van der Waals surface area contributed by atoms with Gasteiger partial charge in [0, 0.05) is 0 Å². The maximum Gasteiger partial charge on any atom is 0.384 e. The van der Waals surface area contributed by atoms with Gasteiger partial charge in [-0.3, -0.25) is 0 Å². The van der Waals surface area contributed by atoms with Gasteiger partial charge in [-0.1, -0.05) is 77.0 Å². The largest absolute Gasteiger partial charge is 0.384 e. The van der Waals surface area contributed by atoms with E-state index in [2.05, 4.69) is 9.58 Å². The van der Waals surface area contributed by atoms with E-state index in [9.17, 15) is 27.9 Å². The van der Waals surface area contributed by atoms with Crippen LogP contribution in [0.5, 0.6) is 0 Å². The fraction of sp³-hybridized carbons (Fsp3) is 0.917. The third kappa shape index (κ3) is 9.37. The Balaban J connectivity index is 1.57. The fourth-order valence-electron chi connectivity index (χ4n) is 5.35. The number of sulfone groups is 2. The topological polar surface area (TPSA) is 141 Å². The summed E-state index contributed by atoms with van der Waals surface area (Å²) in [6.45, 7) is 0. The molecule has 2 fully saturated rings. The molecule has 0 saturated heterocycles. The average Bonchev–Trinajstić information content (AvgIpc) is 2.82. The predicted octanol–water partition coefficient (Wildman–Crippen LogP) is 5.35. The Labute approximate surface area is 206 Å². The molecule has 34 heavy (non-hydrogen) atoms. The van der Waals surface area contributed by atoms with Crippen molar-refractivity contribution in [2.45, 2.75) is 116 Å². The summed E-state index contributed by atoms with van der Waals surface area (Å²) in [5, 5.41) is -0.0277. The van der Waals surface area contributed by atoms with Crippen LogP contribution in [0.1, 0.15) is 116 Å². The zero-order valence-corrected chi connectivity index (χ0v) is 22.2. The Morgan fingerprint density at radius 3 is 1.12 bits per heavy atom. The van der Waals surface area contributed by atoms with E-state index in [0.717, 1.165) is 103 Å². The highest BCUT2D eigenvalue weighted by Crippen LogP contribution is 2.27. The number of hydrogen-bond acceptors (Lipinski definition) is 4. The molecule has 0 bridgehead atoms. The molecular formula is C24H42N4O4S2. The monoisotopic (exact) mass is 514 g/mol. The molecule has 0 aromatic heterocycles.